The summed E-state index contributed by atoms with van der Waals surface area (Å²) in [5, 5.41) is 7.41. The summed E-state index contributed by atoms with van der Waals surface area (Å²) in [6, 6.07) is 8.57. The zero-order chi connectivity index (χ0) is 11.2. The summed E-state index contributed by atoms with van der Waals surface area (Å²) in [4.78, 5) is 3.89. The molecule has 2 rings (SSSR count). The van der Waals surface area contributed by atoms with Gasteiger partial charge in [-0.05, 0) is 12.5 Å². The zero-order valence-corrected chi connectivity index (χ0v) is 10.7. The Kier molecular flexibility index (Phi) is 5.66. The molecule has 0 radical (unpaired) electrons. The van der Waals surface area contributed by atoms with Crippen molar-refractivity contribution in [1.82, 2.24) is 20.1 Å². The summed E-state index contributed by atoms with van der Waals surface area (Å²) in [5.74, 6) is 0. The van der Waals surface area contributed by atoms with Crippen molar-refractivity contribution in [2.45, 2.75) is 20.0 Å². The summed E-state index contributed by atoms with van der Waals surface area (Å²) < 4.78 is 1.82. The van der Waals surface area contributed by atoms with Gasteiger partial charge in [0, 0.05) is 13.1 Å². The number of rotatable bonds is 5. The third-order valence-corrected chi connectivity index (χ3v) is 2.43. The van der Waals surface area contributed by atoms with Crippen LogP contribution in [0.4, 0.5) is 0 Å². The molecule has 1 aromatic carbocycles. The molecular formula is C12H17ClN4. The standard InChI is InChI=1S/C12H16N4.ClH/c1-11-2-4-12(5-3-11)8-13-6-7-16-10-14-9-15-16;/h2-5,9-10,13H,6-8H2,1H3;1H. The van der Waals surface area contributed by atoms with E-state index in [4.69, 9.17) is 0 Å². The first kappa shape index (κ1) is 13.7. The normalized spacial score (nSPS) is 9.94. The predicted octanol–water partition coefficient (Wildman–Crippen LogP) is 1.80. The van der Waals surface area contributed by atoms with Gasteiger partial charge in [-0.3, -0.25) is 4.68 Å². The lowest BCUT2D eigenvalue weighted by Gasteiger charge is -2.05. The smallest absolute Gasteiger partial charge is 0.137 e. The molecule has 5 heteroatoms. The van der Waals surface area contributed by atoms with Gasteiger partial charge in [-0.1, -0.05) is 29.8 Å². The Balaban J connectivity index is 0.00000144. The molecule has 0 fully saturated rings. The van der Waals surface area contributed by atoms with Gasteiger partial charge in [0.15, 0.2) is 0 Å². The lowest BCUT2D eigenvalue weighted by Crippen LogP contribution is -2.19. The molecule has 0 aliphatic heterocycles. The van der Waals surface area contributed by atoms with Crippen molar-refractivity contribution in [1.29, 1.82) is 0 Å². The minimum atomic E-state index is 0. The highest BCUT2D eigenvalue weighted by atomic mass is 35.5. The summed E-state index contributed by atoms with van der Waals surface area (Å²) in [7, 11) is 0. The van der Waals surface area contributed by atoms with E-state index in [1.807, 2.05) is 4.68 Å². The second-order valence-corrected chi connectivity index (χ2v) is 3.82. The third kappa shape index (κ3) is 4.54. The van der Waals surface area contributed by atoms with E-state index in [1.165, 1.54) is 11.1 Å². The highest BCUT2D eigenvalue weighted by Crippen LogP contribution is 2.02. The van der Waals surface area contributed by atoms with Gasteiger partial charge in [0.1, 0.15) is 12.7 Å². The maximum Gasteiger partial charge on any atom is 0.137 e. The molecule has 2 aromatic rings. The predicted molar refractivity (Wildman–Crippen MR) is 70.2 cm³/mol. The second kappa shape index (κ2) is 7.04. The van der Waals surface area contributed by atoms with E-state index < -0.39 is 0 Å². The number of nitrogens with one attached hydrogen (secondary N) is 1. The Morgan fingerprint density at radius 1 is 1.24 bits per heavy atom. The monoisotopic (exact) mass is 252 g/mol. The lowest BCUT2D eigenvalue weighted by molar-refractivity contribution is 0.554. The Bertz CT molecular complexity index is 411. The fourth-order valence-electron chi connectivity index (χ4n) is 1.48. The molecule has 17 heavy (non-hydrogen) atoms. The van der Waals surface area contributed by atoms with Gasteiger partial charge >= 0.3 is 0 Å². The van der Waals surface area contributed by atoms with E-state index in [0.717, 1.165) is 19.6 Å². The molecule has 4 nitrogen and oxygen atoms in total. The van der Waals surface area contributed by atoms with Crippen molar-refractivity contribution in [2.24, 2.45) is 0 Å². The van der Waals surface area contributed by atoms with Crippen LogP contribution in [-0.4, -0.2) is 21.3 Å². The van der Waals surface area contributed by atoms with E-state index >= 15 is 0 Å². The molecule has 0 amide bonds. The second-order valence-electron chi connectivity index (χ2n) is 3.82. The van der Waals surface area contributed by atoms with E-state index in [1.54, 1.807) is 12.7 Å². The molecule has 1 N–H and O–H groups in total. The molecule has 0 saturated heterocycles. The summed E-state index contributed by atoms with van der Waals surface area (Å²) in [5.41, 5.74) is 2.61. The Morgan fingerprint density at radius 3 is 2.65 bits per heavy atom. The van der Waals surface area contributed by atoms with Gasteiger partial charge in [0.25, 0.3) is 0 Å². The summed E-state index contributed by atoms with van der Waals surface area (Å²) in [6.07, 6.45) is 3.29. The molecule has 1 aromatic heterocycles. The van der Waals surface area contributed by atoms with Crippen LogP contribution in [0.25, 0.3) is 0 Å². The number of hydrogen-bond donors (Lipinski definition) is 1. The SMILES string of the molecule is Cc1ccc(CNCCn2cncn2)cc1.Cl. The van der Waals surface area contributed by atoms with Crippen molar-refractivity contribution in [3.63, 3.8) is 0 Å². The molecule has 0 spiro atoms. The number of aryl methyl sites for hydroxylation is 1. The van der Waals surface area contributed by atoms with Crippen LogP contribution in [0.15, 0.2) is 36.9 Å². The van der Waals surface area contributed by atoms with Crippen molar-refractivity contribution >= 4 is 12.4 Å². The molecule has 0 bridgehead atoms. The molecule has 1 heterocycles. The van der Waals surface area contributed by atoms with Crippen molar-refractivity contribution in [2.75, 3.05) is 6.54 Å². The topological polar surface area (TPSA) is 42.7 Å². The van der Waals surface area contributed by atoms with Crippen molar-refractivity contribution in [3.8, 4) is 0 Å². The Labute approximate surface area is 107 Å². The largest absolute Gasteiger partial charge is 0.311 e. The summed E-state index contributed by atoms with van der Waals surface area (Å²) >= 11 is 0. The number of nitrogens with zero attached hydrogens (tertiary/aromatic N) is 3. The third-order valence-electron chi connectivity index (χ3n) is 2.43. The highest BCUT2D eigenvalue weighted by Gasteiger charge is 1.93. The lowest BCUT2D eigenvalue weighted by atomic mass is 10.1. The molecular weight excluding hydrogens is 236 g/mol. The molecule has 0 saturated carbocycles. The number of aromatic nitrogens is 3. The number of halogens is 1. The molecule has 0 aliphatic rings. The van der Waals surface area contributed by atoms with Crippen molar-refractivity contribution < 1.29 is 0 Å². The summed E-state index contributed by atoms with van der Waals surface area (Å²) in [6.45, 7) is 4.75. The molecule has 0 unspecified atom stereocenters. The maximum atomic E-state index is 4.04. The van der Waals surface area contributed by atoms with E-state index in [2.05, 4.69) is 46.6 Å². The highest BCUT2D eigenvalue weighted by molar-refractivity contribution is 5.85. The minimum Gasteiger partial charge on any atom is -0.311 e. The van der Waals surface area contributed by atoms with Crippen LogP contribution >= 0.6 is 12.4 Å². The Morgan fingerprint density at radius 2 is 2.00 bits per heavy atom. The van der Waals surface area contributed by atoms with E-state index in [9.17, 15) is 0 Å². The first-order chi connectivity index (χ1) is 7.84. The fraction of sp³-hybridized carbons (Fsp3) is 0.333. The van der Waals surface area contributed by atoms with Gasteiger partial charge in [0.2, 0.25) is 0 Å². The van der Waals surface area contributed by atoms with Gasteiger partial charge in [0.05, 0.1) is 6.54 Å². The fourth-order valence-corrected chi connectivity index (χ4v) is 1.48. The Hall–Kier alpha value is -1.39. The van der Waals surface area contributed by atoms with Gasteiger partial charge in [-0.15, -0.1) is 12.4 Å². The first-order valence-electron chi connectivity index (χ1n) is 5.43. The van der Waals surface area contributed by atoms with Gasteiger partial charge in [-0.25, -0.2) is 4.98 Å². The molecule has 0 atom stereocenters. The maximum absolute atomic E-state index is 4.04. The van der Waals surface area contributed by atoms with Crippen LogP contribution in [0.5, 0.6) is 0 Å². The van der Waals surface area contributed by atoms with Gasteiger partial charge < -0.3 is 5.32 Å². The molecule has 92 valence electrons. The van der Waals surface area contributed by atoms with Crippen LogP contribution in [0.1, 0.15) is 11.1 Å². The van der Waals surface area contributed by atoms with E-state index in [0.29, 0.717) is 0 Å². The quantitative estimate of drug-likeness (QED) is 0.826. The molecule has 0 aliphatic carbocycles. The average Bonchev–Trinajstić information content (AvgIpc) is 2.80. The van der Waals surface area contributed by atoms with E-state index in [-0.39, 0.29) is 12.4 Å². The van der Waals surface area contributed by atoms with Crippen molar-refractivity contribution in [3.05, 3.63) is 48.0 Å². The number of hydrogen-bond acceptors (Lipinski definition) is 3. The average molecular weight is 253 g/mol. The van der Waals surface area contributed by atoms with Crippen LogP contribution in [0.3, 0.4) is 0 Å². The van der Waals surface area contributed by atoms with Crippen LogP contribution < -0.4 is 5.32 Å². The first-order valence-corrected chi connectivity index (χ1v) is 5.43. The van der Waals surface area contributed by atoms with Crippen LogP contribution in [-0.2, 0) is 13.1 Å². The van der Waals surface area contributed by atoms with Crippen LogP contribution in [0, 0.1) is 6.92 Å². The van der Waals surface area contributed by atoms with Gasteiger partial charge in [-0.2, -0.15) is 5.10 Å². The number of benzene rings is 1. The zero-order valence-electron chi connectivity index (χ0n) is 9.84. The van der Waals surface area contributed by atoms with Crippen LogP contribution in [0.2, 0.25) is 0 Å². The minimum absolute atomic E-state index is 0.